The van der Waals surface area contributed by atoms with E-state index in [2.05, 4.69) is 18.9 Å². The average Bonchev–Trinajstić information content (AvgIpc) is 2.65. The van der Waals surface area contributed by atoms with Gasteiger partial charge in [-0.1, -0.05) is 6.92 Å². The topological polar surface area (TPSA) is 51.2 Å². The molecule has 6 nitrogen and oxygen atoms in total. The third-order valence-electron chi connectivity index (χ3n) is 4.77. The molecule has 6 heteroatoms. The van der Waals surface area contributed by atoms with Crippen molar-refractivity contribution in [3.05, 3.63) is 17.7 Å². The Morgan fingerprint density at radius 2 is 1.68 bits per heavy atom. The molecule has 1 aliphatic rings. The summed E-state index contributed by atoms with van der Waals surface area (Å²) in [5.74, 6) is 1.54. The number of ether oxygens (including phenoxy) is 3. The summed E-state index contributed by atoms with van der Waals surface area (Å²) in [7, 11) is 6.81. The van der Waals surface area contributed by atoms with Crippen LogP contribution in [0, 0.1) is 0 Å². The number of hydrogen-bond donors (Lipinski definition) is 0. The average molecular weight is 350 g/mol. The highest BCUT2D eigenvalue weighted by molar-refractivity contribution is 5.96. The van der Waals surface area contributed by atoms with Gasteiger partial charge in [0.05, 0.1) is 21.3 Å². The molecule has 1 saturated heterocycles. The number of carbonyl (C=O) groups is 1. The molecule has 1 aliphatic heterocycles. The Balaban J connectivity index is 2.32. The predicted octanol–water partition coefficient (Wildman–Crippen LogP) is 2.66. The highest BCUT2D eigenvalue weighted by Crippen LogP contribution is 2.38. The van der Waals surface area contributed by atoms with E-state index in [1.807, 2.05) is 4.90 Å². The zero-order valence-corrected chi connectivity index (χ0v) is 16.0. The molecule has 140 valence electrons. The molecule has 1 aromatic carbocycles. The zero-order chi connectivity index (χ0) is 18.4. The SMILES string of the molecule is CCCN(C(=O)c1cc(OC)c(OC)c(OC)c1)C1CCN(C)CC1. The molecule has 1 heterocycles. The van der Waals surface area contributed by atoms with Crippen LogP contribution in [0.2, 0.25) is 0 Å². The van der Waals surface area contributed by atoms with Gasteiger partial charge in [0.25, 0.3) is 5.91 Å². The van der Waals surface area contributed by atoms with Crippen LogP contribution < -0.4 is 14.2 Å². The lowest BCUT2D eigenvalue weighted by atomic mass is 10.0. The summed E-state index contributed by atoms with van der Waals surface area (Å²) in [6, 6.07) is 3.76. The van der Waals surface area contributed by atoms with Crippen LogP contribution in [-0.2, 0) is 0 Å². The van der Waals surface area contributed by atoms with Crippen LogP contribution in [0.3, 0.4) is 0 Å². The van der Waals surface area contributed by atoms with Crippen molar-refractivity contribution in [2.75, 3.05) is 48.0 Å². The zero-order valence-electron chi connectivity index (χ0n) is 16.0. The van der Waals surface area contributed by atoms with Crippen LogP contribution in [0.15, 0.2) is 12.1 Å². The molecule has 0 bridgehead atoms. The molecule has 0 aromatic heterocycles. The monoisotopic (exact) mass is 350 g/mol. The van der Waals surface area contributed by atoms with Gasteiger partial charge in [-0.25, -0.2) is 0 Å². The van der Waals surface area contributed by atoms with Gasteiger partial charge in [-0.2, -0.15) is 0 Å². The largest absolute Gasteiger partial charge is 0.493 e. The van der Waals surface area contributed by atoms with Gasteiger partial charge in [0, 0.05) is 18.2 Å². The fourth-order valence-electron chi connectivity index (χ4n) is 3.37. The Morgan fingerprint density at radius 3 is 2.12 bits per heavy atom. The van der Waals surface area contributed by atoms with Gasteiger partial charge in [-0.3, -0.25) is 4.79 Å². The second kappa shape index (κ2) is 8.94. The van der Waals surface area contributed by atoms with E-state index in [0.717, 1.165) is 38.9 Å². The van der Waals surface area contributed by atoms with E-state index in [1.54, 1.807) is 33.5 Å². The van der Waals surface area contributed by atoms with E-state index in [4.69, 9.17) is 14.2 Å². The van der Waals surface area contributed by atoms with Gasteiger partial charge in [0.1, 0.15) is 0 Å². The number of piperidine rings is 1. The maximum Gasteiger partial charge on any atom is 0.254 e. The standard InChI is InChI=1S/C19H30N2O4/c1-6-9-21(15-7-10-20(2)11-8-15)19(22)14-12-16(23-3)18(25-5)17(13-14)24-4/h12-13,15H,6-11H2,1-5H3. The van der Waals surface area contributed by atoms with Crippen LogP contribution in [0.5, 0.6) is 17.2 Å². The first-order valence-electron chi connectivity index (χ1n) is 8.85. The maximum absolute atomic E-state index is 13.2. The molecule has 1 fully saturated rings. The summed E-state index contributed by atoms with van der Waals surface area (Å²) in [6.45, 7) is 4.90. The summed E-state index contributed by atoms with van der Waals surface area (Å²) >= 11 is 0. The number of benzene rings is 1. The van der Waals surface area contributed by atoms with Crippen molar-refractivity contribution in [3.63, 3.8) is 0 Å². The summed E-state index contributed by atoms with van der Waals surface area (Å²) in [6.07, 6.45) is 2.95. The Morgan fingerprint density at radius 1 is 1.12 bits per heavy atom. The van der Waals surface area contributed by atoms with Crippen molar-refractivity contribution in [3.8, 4) is 17.2 Å². The molecule has 1 amide bonds. The lowest BCUT2D eigenvalue weighted by molar-refractivity contribution is 0.0590. The molecule has 0 N–H and O–H groups in total. The molecular formula is C19H30N2O4. The third kappa shape index (κ3) is 4.37. The minimum atomic E-state index is 0.0238. The van der Waals surface area contributed by atoms with Crippen molar-refractivity contribution in [1.82, 2.24) is 9.80 Å². The van der Waals surface area contributed by atoms with Crippen molar-refractivity contribution < 1.29 is 19.0 Å². The lowest BCUT2D eigenvalue weighted by Gasteiger charge is -2.37. The molecule has 0 unspecified atom stereocenters. The first-order valence-corrected chi connectivity index (χ1v) is 8.85. The molecule has 25 heavy (non-hydrogen) atoms. The first-order chi connectivity index (χ1) is 12.0. The number of amides is 1. The maximum atomic E-state index is 13.2. The third-order valence-corrected chi connectivity index (χ3v) is 4.77. The van der Waals surface area contributed by atoms with E-state index in [1.165, 1.54) is 0 Å². The molecule has 2 rings (SSSR count). The number of methoxy groups -OCH3 is 3. The number of nitrogens with zero attached hydrogens (tertiary/aromatic N) is 2. The fourth-order valence-corrected chi connectivity index (χ4v) is 3.37. The Hall–Kier alpha value is -1.95. The van der Waals surface area contributed by atoms with Crippen LogP contribution in [-0.4, -0.2) is 69.8 Å². The molecule has 0 spiro atoms. The minimum Gasteiger partial charge on any atom is -0.493 e. The van der Waals surface area contributed by atoms with Gasteiger partial charge < -0.3 is 24.0 Å². The molecule has 0 atom stereocenters. The second-order valence-corrected chi connectivity index (χ2v) is 6.45. The fraction of sp³-hybridized carbons (Fsp3) is 0.632. The van der Waals surface area contributed by atoms with Crippen molar-refractivity contribution in [2.45, 2.75) is 32.2 Å². The number of rotatable bonds is 7. The van der Waals surface area contributed by atoms with Gasteiger partial charge >= 0.3 is 0 Å². The summed E-state index contributed by atoms with van der Waals surface area (Å²) in [4.78, 5) is 17.5. The number of hydrogen-bond acceptors (Lipinski definition) is 5. The van der Waals surface area contributed by atoms with Crippen molar-refractivity contribution >= 4 is 5.91 Å². The van der Waals surface area contributed by atoms with Gasteiger partial charge in [-0.05, 0) is 51.5 Å². The molecule has 0 saturated carbocycles. The van der Waals surface area contributed by atoms with Gasteiger partial charge in [-0.15, -0.1) is 0 Å². The number of carbonyl (C=O) groups excluding carboxylic acids is 1. The summed E-state index contributed by atoms with van der Waals surface area (Å²) < 4.78 is 16.1. The highest BCUT2D eigenvalue weighted by atomic mass is 16.5. The van der Waals surface area contributed by atoms with Crippen molar-refractivity contribution in [2.24, 2.45) is 0 Å². The summed E-state index contributed by atoms with van der Waals surface area (Å²) in [5, 5.41) is 0. The Bertz CT molecular complexity index is 558. The summed E-state index contributed by atoms with van der Waals surface area (Å²) in [5.41, 5.74) is 0.571. The molecule has 1 aromatic rings. The van der Waals surface area contributed by atoms with Crippen LogP contribution in [0.4, 0.5) is 0 Å². The van der Waals surface area contributed by atoms with E-state index < -0.39 is 0 Å². The second-order valence-electron chi connectivity index (χ2n) is 6.45. The van der Waals surface area contributed by atoms with E-state index in [0.29, 0.717) is 22.8 Å². The van der Waals surface area contributed by atoms with E-state index in [-0.39, 0.29) is 11.9 Å². The van der Waals surface area contributed by atoms with Crippen molar-refractivity contribution in [1.29, 1.82) is 0 Å². The first kappa shape index (κ1) is 19.4. The predicted molar refractivity (Wildman–Crippen MR) is 97.9 cm³/mol. The Labute approximate surface area is 150 Å². The smallest absolute Gasteiger partial charge is 0.254 e. The minimum absolute atomic E-state index is 0.0238. The molecule has 0 radical (unpaired) electrons. The highest BCUT2D eigenvalue weighted by Gasteiger charge is 2.28. The lowest BCUT2D eigenvalue weighted by Crippen LogP contribution is -2.46. The van der Waals surface area contributed by atoms with Crippen LogP contribution in [0.25, 0.3) is 0 Å². The van der Waals surface area contributed by atoms with E-state index >= 15 is 0 Å². The van der Waals surface area contributed by atoms with Crippen LogP contribution in [0.1, 0.15) is 36.5 Å². The van der Waals surface area contributed by atoms with Crippen LogP contribution >= 0.6 is 0 Å². The van der Waals surface area contributed by atoms with E-state index in [9.17, 15) is 4.79 Å². The number of likely N-dealkylation sites (tertiary alicyclic amines) is 1. The van der Waals surface area contributed by atoms with Gasteiger partial charge in [0.2, 0.25) is 5.75 Å². The molecule has 0 aliphatic carbocycles. The normalized spacial score (nSPS) is 15.7. The Kier molecular flexibility index (Phi) is 6.93. The van der Waals surface area contributed by atoms with Gasteiger partial charge in [0.15, 0.2) is 11.5 Å². The molecular weight excluding hydrogens is 320 g/mol. The quantitative estimate of drug-likeness (QED) is 0.757.